The number of carboxylic acid groups (broad SMARTS) is 1. The van der Waals surface area contributed by atoms with Crippen molar-refractivity contribution in [2.75, 3.05) is 24.6 Å². The molecule has 1 saturated heterocycles. The smallest absolute Gasteiger partial charge is 0.354 e. The van der Waals surface area contributed by atoms with Crippen molar-refractivity contribution in [1.29, 1.82) is 0 Å². The molecule has 0 amide bonds. The molecular formula is C12H17N3O3. The number of aryl methyl sites for hydroxylation is 1. The lowest BCUT2D eigenvalue weighted by molar-refractivity contribution is 0.0690. The number of anilines is 1. The molecular weight excluding hydrogens is 234 g/mol. The van der Waals surface area contributed by atoms with Crippen molar-refractivity contribution in [1.82, 2.24) is 9.97 Å². The van der Waals surface area contributed by atoms with Crippen LogP contribution in [0.4, 0.5) is 5.95 Å². The third kappa shape index (κ3) is 2.95. The quantitative estimate of drug-likeness (QED) is 0.848. The average Bonchev–Trinajstić information content (AvgIpc) is 2.53. The second kappa shape index (κ2) is 5.30. The Morgan fingerprint density at radius 2 is 2.33 bits per heavy atom. The minimum Gasteiger partial charge on any atom is -0.477 e. The second-order valence-corrected chi connectivity index (χ2v) is 4.48. The zero-order valence-electron chi connectivity index (χ0n) is 10.6. The summed E-state index contributed by atoms with van der Waals surface area (Å²) in [6, 6.07) is 1.48. The molecule has 98 valence electrons. The molecule has 18 heavy (non-hydrogen) atoms. The Morgan fingerprint density at radius 3 is 3.06 bits per heavy atom. The fourth-order valence-electron chi connectivity index (χ4n) is 1.98. The van der Waals surface area contributed by atoms with E-state index in [1.54, 1.807) is 6.92 Å². The molecule has 1 N–H and O–H groups in total. The topological polar surface area (TPSA) is 75.5 Å². The van der Waals surface area contributed by atoms with Gasteiger partial charge < -0.3 is 14.7 Å². The van der Waals surface area contributed by atoms with Crippen LogP contribution in [0.1, 0.15) is 29.5 Å². The lowest BCUT2D eigenvalue weighted by Gasteiger charge is -2.22. The minimum absolute atomic E-state index is 0.0373. The number of hydrogen-bond donors (Lipinski definition) is 1. The van der Waals surface area contributed by atoms with E-state index >= 15 is 0 Å². The summed E-state index contributed by atoms with van der Waals surface area (Å²) < 4.78 is 5.55. The van der Waals surface area contributed by atoms with Crippen molar-refractivity contribution in [3.63, 3.8) is 0 Å². The van der Waals surface area contributed by atoms with Crippen molar-refractivity contribution in [2.24, 2.45) is 0 Å². The molecule has 2 heterocycles. The van der Waals surface area contributed by atoms with Gasteiger partial charge in [0.15, 0.2) is 5.69 Å². The molecule has 1 fully saturated rings. The second-order valence-electron chi connectivity index (χ2n) is 4.48. The summed E-state index contributed by atoms with van der Waals surface area (Å²) in [5.41, 5.74) is 0.700. The Labute approximate surface area is 106 Å². The van der Waals surface area contributed by atoms with E-state index in [1.165, 1.54) is 6.07 Å². The maximum absolute atomic E-state index is 11.0. The molecule has 0 radical (unpaired) electrons. The molecule has 0 aliphatic carbocycles. The van der Waals surface area contributed by atoms with E-state index in [0.717, 1.165) is 19.6 Å². The van der Waals surface area contributed by atoms with E-state index < -0.39 is 5.97 Å². The Bertz CT molecular complexity index is 450. The number of aromatic carboxylic acids is 1. The molecule has 1 aromatic heterocycles. The van der Waals surface area contributed by atoms with Crippen molar-refractivity contribution < 1.29 is 14.6 Å². The van der Waals surface area contributed by atoms with Crippen LogP contribution in [-0.4, -0.2) is 46.8 Å². The van der Waals surface area contributed by atoms with Gasteiger partial charge in [-0.3, -0.25) is 0 Å². The lowest BCUT2D eigenvalue weighted by atomic mass is 10.3. The Kier molecular flexibility index (Phi) is 3.76. The van der Waals surface area contributed by atoms with Crippen LogP contribution in [-0.2, 0) is 4.74 Å². The first-order valence-corrected chi connectivity index (χ1v) is 6.02. The van der Waals surface area contributed by atoms with Crippen LogP contribution in [0.25, 0.3) is 0 Å². The summed E-state index contributed by atoms with van der Waals surface area (Å²) in [5, 5.41) is 9.01. The van der Waals surface area contributed by atoms with E-state index in [-0.39, 0.29) is 11.8 Å². The number of hydrogen-bond acceptors (Lipinski definition) is 5. The third-order valence-corrected chi connectivity index (χ3v) is 2.80. The van der Waals surface area contributed by atoms with E-state index in [0.29, 0.717) is 18.2 Å². The summed E-state index contributed by atoms with van der Waals surface area (Å²) >= 11 is 0. The number of carboxylic acids is 1. The highest BCUT2D eigenvalue weighted by molar-refractivity contribution is 5.85. The molecule has 0 spiro atoms. The average molecular weight is 251 g/mol. The zero-order chi connectivity index (χ0) is 13.1. The Morgan fingerprint density at radius 1 is 1.56 bits per heavy atom. The number of carbonyl (C=O) groups is 1. The van der Waals surface area contributed by atoms with Crippen molar-refractivity contribution in [2.45, 2.75) is 26.4 Å². The van der Waals surface area contributed by atoms with Gasteiger partial charge in [-0.15, -0.1) is 0 Å². The zero-order valence-corrected chi connectivity index (χ0v) is 10.6. The number of aromatic nitrogens is 2. The first-order chi connectivity index (χ1) is 8.56. The molecule has 6 nitrogen and oxygen atoms in total. The van der Waals surface area contributed by atoms with Gasteiger partial charge in [-0.05, 0) is 26.3 Å². The molecule has 2 rings (SSSR count). The highest BCUT2D eigenvalue weighted by atomic mass is 16.5. The molecule has 0 saturated carbocycles. The molecule has 1 unspecified atom stereocenters. The van der Waals surface area contributed by atoms with Crippen LogP contribution in [0.3, 0.4) is 0 Å². The van der Waals surface area contributed by atoms with Gasteiger partial charge >= 0.3 is 5.97 Å². The van der Waals surface area contributed by atoms with Crippen LogP contribution in [0, 0.1) is 6.92 Å². The Balaban J connectivity index is 2.28. The first kappa shape index (κ1) is 12.8. The summed E-state index contributed by atoms with van der Waals surface area (Å²) in [6.07, 6.45) is 0.995. The van der Waals surface area contributed by atoms with E-state index in [4.69, 9.17) is 9.84 Å². The Hall–Kier alpha value is -1.69. The van der Waals surface area contributed by atoms with Gasteiger partial charge in [0.05, 0.1) is 6.10 Å². The monoisotopic (exact) mass is 251 g/mol. The number of nitrogens with zero attached hydrogens (tertiary/aromatic N) is 3. The van der Waals surface area contributed by atoms with Gasteiger partial charge in [0, 0.05) is 25.4 Å². The van der Waals surface area contributed by atoms with Gasteiger partial charge in [0.25, 0.3) is 0 Å². The van der Waals surface area contributed by atoms with Gasteiger partial charge in [0.2, 0.25) is 5.95 Å². The lowest BCUT2D eigenvalue weighted by Crippen LogP contribution is -2.32. The summed E-state index contributed by atoms with van der Waals surface area (Å²) in [5.74, 6) is -0.550. The number of rotatable bonds is 2. The van der Waals surface area contributed by atoms with Crippen LogP contribution < -0.4 is 4.90 Å². The molecule has 1 aromatic rings. The molecule has 6 heteroatoms. The maximum Gasteiger partial charge on any atom is 0.354 e. The third-order valence-electron chi connectivity index (χ3n) is 2.80. The van der Waals surface area contributed by atoms with Crippen LogP contribution >= 0.6 is 0 Å². The fourth-order valence-corrected chi connectivity index (χ4v) is 1.98. The fraction of sp³-hybridized carbons (Fsp3) is 0.583. The predicted molar refractivity (Wildman–Crippen MR) is 66.0 cm³/mol. The van der Waals surface area contributed by atoms with Gasteiger partial charge in [0.1, 0.15) is 0 Å². The van der Waals surface area contributed by atoms with E-state index in [1.807, 2.05) is 11.8 Å². The molecule has 0 bridgehead atoms. The highest BCUT2D eigenvalue weighted by Crippen LogP contribution is 2.14. The van der Waals surface area contributed by atoms with Crippen LogP contribution in [0.5, 0.6) is 0 Å². The standard InChI is InChI=1S/C12H17N3O3/c1-8-6-10(11(16)17)14-12(13-8)15-4-3-5-18-9(2)7-15/h6,9H,3-5,7H2,1-2H3,(H,16,17). The summed E-state index contributed by atoms with van der Waals surface area (Å²) in [4.78, 5) is 21.4. The SMILES string of the molecule is Cc1cc(C(=O)O)nc(N2CCCOC(C)C2)n1. The predicted octanol–water partition coefficient (Wildman–Crippen LogP) is 1.10. The van der Waals surface area contributed by atoms with Crippen molar-refractivity contribution >= 4 is 11.9 Å². The van der Waals surface area contributed by atoms with Crippen LogP contribution in [0.15, 0.2) is 6.07 Å². The highest BCUT2D eigenvalue weighted by Gasteiger charge is 2.19. The first-order valence-electron chi connectivity index (χ1n) is 6.02. The summed E-state index contributed by atoms with van der Waals surface area (Å²) in [6.45, 7) is 5.95. The van der Waals surface area contributed by atoms with E-state index in [2.05, 4.69) is 9.97 Å². The molecule has 1 atom stereocenters. The molecule has 1 aliphatic heterocycles. The number of ether oxygens (including phenoxy) is 1. The van der Waals surface area contributed by atoms with E-state index in [9.17, 15) is 4.79 Å². The normalized spacial score (nSPS) is 20.6. The van der Waals surface area contributed by atoms with Crippen molar-refractivity contribution in [3.05, 3.63) is 17.5 Å². The summed E-state index contributed by atoms with van der Waals surface area (Å²) in [7, 11) is 0. The molecule has 0 aromatic carbocycles. The maximum atomic E-state index is 11.0. The minimum atomic E-state index is -1.03. The van der Waals surface area contributed by atoms with Gasteiger partial charge in [-0.25, -0.2) is 14.8 Å². The van der Waals surface area contributed by atoms with Gasteiger partial charge in [-0.2, -0.15) is 0 Å². The largest absolute Gasteiger partial charge is 0.477 e. The van der Waals surface area contributed by atoms with Gasteiger partial charge in [-0.1, -0.05) is 0 Å². The molecule has 1 aliphatic rings. The van der Waals surface area contributed by atoms with Crippen molar-refractivity contribution in [3.8, 4) is 0 Å². The van der Waals surface area contributed by atoms with Crippen LogP contribution in [0.2, 0.25) is 0 Å².